The first-order valence-corrected chi connectivity index (χ1v) is 6.23. The number of pyridine rings is 1. The summed E-state index contributed by atoms with van der Waals surface area (Å²) in [6, 6.07) is 4.70. The molecule has 2 heterocycles. The second-order valence-corrected chi connectivity index (χ2v) is 4.79. The Morgan fingerprint density at radius 3 is 3.13 bits per heavy atom. The molecule has 1 fully saturated rings. The summed E-state index contributed by atoms with van der Waals surface area (Å²) < 4.78 is 1.02. The minimum absolute atomic E-state index is 0.702. The molecule has 0 saturated carbocycles. The topological polar surface area (TPSA) is 37.0 Å². The van der Waals surface area contributed by atoms with Crippen molar-refractivity contribution in [2.75, 3.05) is 18.4 Å². The lowest BCUT2D eigenvalue weighted by atomic mass is 10.1. The monoisotopic (exact) mass is 269 g/mol. The van der Waals surface area contributed by atoms with Crippen LogP contribution in [0.5, 0.6) is 0 Å². The van der Waals surface area contributed by atoms with E-state index in [0.717, 1.165) is 16.8 Å². The van der Waals surface area contributed by atoms with Gasteiger partial charge < -0.3 is 10.6 Å². The molecule has 0 spiro atoms. The molecule has 2 rings (SSSR count). The van der Waals surface area contributed by atoms with Crippen molar-refractivity contribution < 1.29 is 0 Å². The van der Waals surface area contributed by atoms with Crippen LogP contribution >= 0.6 is 15.9 Å². The summed E-state index contributed by atoms with van der Waals surface area (Å²) >= 11 is 3.37. The molecule has 82 valence electrons. The standard InChI is InChI=1S/C11H16BrN3/c12-9-3-4-11(15-8-9)14-7-5-10-2-1-6-13-10/h3-4,8,10,13H,1-2,5-7H2,(H,14,15)/t10-/m0/s1. The zero-order valence-electron chi connectivity index (χ0n) is 8.67. The maximum absolute atomic E-state index is 4.26. The number of rotatable bonds is 4. The average Bonchev–Trinajstić information content (AvgIpc) is 2.74. The third-order valence-electron chi connectivity index (χ3n) is 2.69. The van der Waals surface area contributed by atoms with Gasteiger partial charge in [0.25, 0.3) is 0 Å². The molecule has 1 aromatic heterocycles. The Morgan fingerprint density at radius 2 is 2.47 bits per heavy atom. The van der Waals surface area contributed by atoms with E-state index in [1.165, 1.54) is 25.8 Å². The van der Waals surface area contributed by atoms with Gasteiger partial charge in [-0.25, -0.2) is 4.98 Å². The summed E-state index contributed by atoms with van der Waals surface area (Å²) in [6.45, 7) is 2.17. The van der Waals surface area contributed by atoms with Crippen LogP contribution in [-0.4, -0.2) is 24.1 Å². The average molecular weight is 270 g/mol. The van der Waals surface area contributed by atoms with E-state index in [1.807, 2.05) is 18.3 Å². The molecule has 0 radical (unpaired) electrons. The molecule has 1 aromatic rings. The maximum atomic E-state index is 4.26. The molecule has 0 bridgehead atoms. The first kappa shape index (κ1) is 10.9. The van der Waals surface area contributed by atoms with Crippen LogP contribution in [0.25, 0.3) is 0 Å². The lowest BCUT2D eigenvalue weighted by Gasteiger charge is -2.10. The van der Waals surface area contributed by atoms with Gasteiger partial charge in [-0.15, -0.1) is 0 Å². The van der Waals surface area contributed by atoms with Gasteiger partial charge in [0.2, 0.25) is 0 Å². The summed E-state index contributed by atoms with van der Waals surface area (Å²) in [5, 5.41) is 6.81. The molecule has 1 saturated heterocycles. The number of aromatic nitrogens is 1. The molecular formula is C11H16BrN3. The quantitative estimate of drug-likeness (QED) is 0.882. The number of nitrogens with one attached hydrogen (secondary N) is 2. The number of anilines is 1. The van der Waals surface area contributed by atoms with E-state index in [-0.39, 0.29) is 0 Å². The van der Waals surface area contributed by atoms with Gasteiger partial charge in [0, 0.05) is 23.3 Å². The van der Waals surface area contributed by atoms with Crippen LogP contribution in [0.15, 0.2) is 22.8 Å². The minimum atomic E-state index is 0.702. The third-order valence-corrected chi connectivity index (χ3v) is 3.16. The summed E-state index contributed by atoms with van der Waals surface area (Å²) in [6.07, 6.45) is 5.63. The Bertz CT molecular complexity index is 293. The second kappa shape index (κ2) is 5.47. The van der Waals surface area contributed by atoms with Crippen LogP contribution in [-0.2, 0) is 0 Å². The van der Waals surface area contributed by atoms with Crippen molar-refractivity contribution in [3.8, 4) is 0 Å². The van der Waals surface area contributed by atoms with Gasteiger partial charge in [-0.05, 0) is 53.9 Å². The summed E-state index contributed by atoms with van der Waals surface area (Å²) in [5.41, 5.74) is 0. The van der Waals surface area contributed by atoms with Crippen molar-refractivity contribution >= 4 is 21.7 Å². The Hall–Kier alpha value is -0.610. The van der Waals surface area contributed by atoms with Crippen LogP contribution in [0, 0.1) is 0 Å². The molecule has 1 aliphatic rings. The van der Waals surface area contributed by atoms with Gasteiger partial charge in [-0.3, -0.25) is 0 Å². The van der Waals surface area contributed by atoms with E-state index >= 15 is 0 Å². The van der Waals surface area contributed by atoms with Crippen LogP contribution in [0.4, 0.5) is 5.82 Å². The lowest BCUT2D eigenvalue weighted by Crippen LogP contribution is -2.24. The Kier molecular flexibility index (Phi) is 3.97. The van der Waals surface area contributed by atoms with Crippen molar-refractivity contribution in [2.45, 2.75) is 25.3 Å². The molecule has 0 unspecified atom stereocenters. The number of nitrogens with zero attached hydrogens (tertiary/aromatic N) is 1. The summed E-state index contributed by atoms with van der Waals surface area (Å²) in [4.78, 5) is 4.26. The Labute approximate surface area is 98.8 Å². The SMILES string of the molecule is Brc1ccc(NCC[C@@H]2CCCN2)nc1. The Morgan fingerprint density at radius 1 is 1.53 bits per heavy atom. The van der Waals surface area contributed by atoms with Gasteiger partial charge in [-0.1, -0.05) is 0 Å². The van der Waals surface area contributed by atoms with Crippen molar-refractivity contribution in [1.82, 2.24) is 10.3 Å². The minimum Gasteiger partial charge on any atom is -0.370 e. The highest BCUT2D eigenvalue weighted by atomic mass is 79.9. The highest BCUT2D eigenvalue weighted by Gasteiger charge is 2.12. The van der Waals surface area contributed by atoms with E-state index in [9.17, 15) is 0 Å². The zero-order valence-corrected chi connectivity index (χ0v) is 10.3. The molecule has 4 heteroatoms. The summed E-state index contributed by atoms with van der Waals surface area (Å²) in [7, 11) is 0. The second-order valence-electron chi connectivity index (χ2n) is 3.87. The van der Waals surface area contributed by atoms with Crippen molar-refractivity contribution in [3.05, 3.63) is 22.8 Å². The van der Waals surface area contributed by atoms with E-state index in [2.05, 4.69) is 31.5 Å². The molecule has 2 N–H and O–H groups in total. The van der Waals surface area contributed by atoms with Gasteiger partial charge in [0.15, 0.2) is 0 Å². The number of hydrogen-bond donors (Lipinski definition) is 2. The predicted molar refractivity (Wildman–Crippen MR) is 66.1 cm³/mol. The molecule has 1 atom stereocenters. The normalized spacial score (nSPS) is 20.5. The van der Waals surface area contributed by atoms with Gasteiger partial charge >= 0.3 is 0 Å². The van der Waals surface area contributed by atoms with E-state index in [4.69, 9.17) is 0 Å². The highest BCUT2D eigenvalue weighted by molar-refractivity contribution is 9.10. The van der Waals surface area contributed by atoms with Crippen molar-refractivity contribution in [1.29, 1.82) is 0 Å². The highest BCUT2D eigenvalue weighted by Crippen LogP contribution is 2.12. The van der Waals surface area contributed by atoms with E-state index < -0.39 is 0 Å². The first-order valence-electron chi connectivity index (χ1n) is 5.43. The fourth-order valence-electron chi connectivity index (χ4n) is 1.86. The fourth-order valence-corrected chi connectivity index (χ4v) is 2.09. The number of hydrogen-bond acceptors (Lipinski definition) is 3. The molecule has 0 aromatic carbocycles. The van der Waals surface area contributed by atoms with Gasteiger partial charge in [0.1, 0.15) is 5.82 Å². The molecule has 3 nitrogen and oxygen atoms in total. The van der Waals surface area contributed by atoms with Gasteiger partial charge in [-0.2, -0.15) is 0 Å². The van der Waals surface area contributed by atoms with Crippen LogP contribution in [0.1, 0.15) is 19.3 Å². The molecule has 1 aliphatic heterocycles. The molecular weight excluding hydrogens is 254 g/mol. The Balaban J connectivity index is 1.71. The zero-order chi connectivity index (χ0) is 10.5. The predicted octanol–water partition coefficient (Wildman–Crippen LogP) is 2.40. The molecule has 0 aliphatic carbocycles. The third kappa shape index (κ3) is 3.47. The molecule has 0 amide bonds. The molecule has 15 heavy (non-hydrogen) atoms. The van der Waals surface area contributed by atoms with Gasteiger partial charge in [0.05, 0.1) is 0 Å². The first-order chi connectivity index (χ1) is 7.34. The van der Waals surface area contributed by atoms with Crippen LogP contribution < -0.4 is 10.6 Å². The fraction of sp³-hybridized carbons (Fsp3) is 0.545. The summed E-state index contributed by atoms with van der Waals surface area (Å²) in [5.74, 6) is 0.955. The van der Waals surface area contributed by atoms with Crippen molar-refractivity contribution in [3.63, 3.8) is 0 Å². The largest absolute Gasteiger partial charge is 0.370 e. The maximum Gasteiger partial charge on any atom is 0.125 e. The smallest absolute Gasteiger partial charge is 0.125 e. The number of halogens is 1. The van der Waals surface area contributed by atoms with Crippen LogP contribution in [0.3, 0.4) is 0 Å². The lowest BCUT2D eigenvalue weighted by molar-refractivity contribution is 0.574. The van der Waals surface area contributed by atoms with E-state index in [0.29, 0.717) is 6.04 Å². The van der Waals surface area contributed by atoms with E-state index in [1.54, 1.807) is 0 Å². The van der Waals surface area contributed by atoms with Crippen LogP contribution in [0.2, 0.25) is 0 Å². The van der Waals surface area contributed by atoms with Crippen molar-refractivity contribution in [2.24, 2.45) is 0 Å².